The van der Waals surface area contributed by atoms with Crippen molar-refractivity contribution in [2.24, 2.45) is 0 Å². The van der Waals surface area contributed by atoms with Crippen LogP contribution < -0.4 is 29.6 Å². The summed E-state index contributed by atoms with van der Waals surface area (Å²) < 4.78 is 63.6. The first-order valence-corrected chi connectivity index (χ1v) is 11.7. The first kappa shape index (κ1) is 31.6. The fourth-order valence-electron chi connectivity index (χ4n) is 3.94. The predicted octanol–water partition coefficient (Wildman–Crippen LogP) is -8.39. The second-order valence-electron chi connectivity index (χ2n) is 8.18. The Labute approximate surface area is 222 Å². The van der Waals surface area contributed by atoms with Gasteiger partial charge in [0.25, 0.3) is 0 Å². The molecule has 18 heteroatoms. The molecule has 13 atom stereocenters. The standard InChI is InChI=1S/C17H30O16S.Na/c1-5-8(19)9(20)11(22)16(29-5)30-6-2-3-28-7(4-18)13(6)31-17-12(23)10(21)14(15(24)32-17)33-34(25,26)27;/h5-24H,2-4H2,1H3,(H,25,26,27);/q;+1/p-1/t5-,6+,7+,8+,9+,10+,11-,12+,13-,14+,15-,16-,17+;/m0./s1. The Morgan fingerprint density at radius 3 is 2.09 bits per heavy atom. The molecule has 0 aromatic carbocycles. The third-order valence-corrected chi connectivity index (χ3v) is 6.26. The molecule has 0 radical (unpaired) electrons. The molecule has 3 fully saturated rings. The van der Waals surface area contributed by atoms with Gasteiger partial charge >= 0.3 is 29.6 Å². The van der Waals surface area contributed by atoms with E-state index in [9.17, 15) is 48.7 Å². The average molecular weight is 544 g/mol. The third-order valence-electron chi connectivity index (χ3n) is 5.80. The van der Waals surface area contributed by atoms with Crippen molar-refractivity contribution in [3.05, 3.63) is 0 Å². The van der Waals surface area contributed by atoms with Crippen LogP contribution in [0.25, 0.3) is 0 Å². The first-order chi connectivity index (χ1) is 15.8. The van der Waals surface area contributed by atoms with Crippen molar-refractivity contribution in [1.82, 2.24) is 0 Å². The molecule has 0 saturated carbocycles. The Morgan fingerprint density at radius 2 is 1.49 bits per heavy atom. The van der Waals surface area contributed by atoms with E-state index in [1.54, 1.807) is 0 Å². The maximum absolute atomic E-state index is 10.8. The SMILES string of the molecule is C[C@@H]1O[C@@H](O[C@@H]2CCO[C@H](CO)[C@H]2O[C@@H]2O[C@H](O)[C@H](OS(=O)(=O)[O-])[C@H](O)[C@H]2O)[C@@H](O)[C@H](O)[C@@H]1O.[Na+]. The summed E-state index contributed by atoms with van der Waals surface area (Å²) in [5.74, 6) is 0. The molecule has 16 nitrogen and oxygen atoms in total. The van der Waals surface area contributed by atoms with Gasteiger partial charge in [0.1, 0.15) is 42.7 Å². The van der Waals surface area contributed by atoms with Crippen LogP contribution in [0.15, 0.2) is 0 Å². The minimum absolute atomic E-state index is 0. The van der Waals surface area contributed by atoms with Crippen LogP contribution in [-0.4, -0.2) is 142 Å². The van der Waals surface area contributed by atoms with Crippen LogP contribution >= 0.6 is 0 Å². The van der Waals surface area contributed by atoms with Crippen LogP contribution in [0.2, 0.25) is 0 Å². The van der Waals surface area contributed by atoms with Gasteiger partial charge in [-0.2, -0.15) is 0 Å². The second kappa shape index (κ2) is 13.0. The molecule has 0 spiro atoms. The largest absolute Gasteiger partial charge is 1.00 e. The maximum atomic E-state index is 10.8. The summed E-state index contributed by atoms with van der Waals surface area (Å²) in [4.78, 5) is 0. The Bertz CT molecular complexity index is 773. The molecule has 0 aromatic heterocycles. The zero-order valence-electron chi connectivity index (χ0n) is 18.8. The average Bonchev–Trinajstić information content (AvgIpc) is 2.77. The van der Waals surface area contributed by atoms with Gasteiger partial charge in [-0.3, -0.25) is 4.18 Å². The van der Waals surface area contributed by atoms with Gasteiger partial charge in [-0.25, -0.2) is 8.42 Å². The summed E-state index contributed by atoms with van der Waals surface area (Å²) in [6, 6.07) is 0. The summed E-state index contributed by atoms with van der Waals surface area (Å²) in [5, 5.41) is 70.1. The zero-order valence-corrected chi connectivity index (χ0v) is 21.7. The molecule has 3 aliphatic heterocycles. The van der Waals surface area contributed by atoms with Crippen molar-refractivity contribution in [3.63, 3.8) is 0 Å². The van der Waals surface area contributed by atoms with Gasteiger partial charge in [0.15, 0.2) is 25.0 Å². The molecule has 3 heterocycles. The van der Waals surface area contributed by atoms with Crippen molar-refractivity contribution < 1.29 is 106 Å². The molecule has 3 rings (SSSR count). The summed E-state index contributed by atoms with van der Waals surface area (Å²) in [6.45, 7) is 0.903. The van der Waals surface area contributed by atoms with Crippen molar-refractivity contribution >= 4 is 10.4 Å². The minimum atomic E-state index is -5.36. The van der Waals surface area contributed by atoms with Crippen LogP contribution in [-0.2, 0) is 38.3 Å². The fourth-order valence-corrected chi connectivity index (χ4v) is 4.42. The molecule has 0 aliphatic carbocycles. The van der Waals surface area contributed by atoms with Crippen molar-refractivity contribution in [2.45, 2.75) is 93.3 Å². The Hall–Kier alpha value is 0.390. The molecule has 0 amide bonds. The molecule has 0 bridgehead atoms. The second-order valence-corrected chi connectivity index (χ2v) is 9.19. The molecule has 0 aromatic rings. The molecular formula is C17H29NaO16S. The van der Waals surface area contributed by atoms with E-state index in [4.69, 9.17) is 23.7 Å². The first-order valence-electron chi connectivity index (χ1n) is 10.4. The van der Waals surface area contributed by atoms with Crippen LogP contribution in [0.3, 0.4) is 0 Å². The van der Waals surface area contributed by atoms with Crippen LogP contribution in [0, 0.1) is 0 Å². The summed E-state index contributed by atoms with van der Waals surface area (Å²) in [7, 11) is -5.36. The molecule has 7 N–H and O–H groups in total. The maximum Gasteiger partial charge on any atom is 1.00 e. The van der Waals surface area contributed by atoms with E-state index in [1.807, 2.05) is 0 Å². The van der Waals surface area contributed by atoms with E-state index >= 15 is 0 Å². The summed E-state index contributed by atoms with van der Waals surface area (Å²) in [5.41, 5.74) is 0. The molecule has 0 unspecified atom stereocenters. The molecule has 3 aliphatic rings. The van der Waals surface area contributed by atoms with Gasteiger partial charge in [0.05, 0.1) is 18.8 Å². The van der Waals surface area contributed by atoms with Gasteiger partial charge in [0.2, 0.25) is 10.4 Å². The normalized spacial score (nSPS) is 47.2. The Balaban J connectivity index is 0.00000432. The van der Waals surface area contributed by atoms with E-state index in [2.05, 4.69) is 4.18 Å². The molecule has 35 heavy (non-hydrogen) atoms. The number of ether oxygens (including phenoxy) is 5. The van der Waals surface area contributed by atoms with E-state index < -0.39 is 96.9 Å². The number of hydrogen-bond acceptors (Lipinski definition) is 16. The van der Waals surface area contributed by atoms with Crippen molar-refractivity contribution in [3.8, 4) is 0 Å². The van der Waals surface area contributed by atoms with Gasteiger partial charge < -0.3 is 64.0 Å². The minimum Gasteiger partial charge on any atom is -0.726 e. The van der Waals surface area contributed by atoms with Crippen molar-refractivity contribution in [1.29, 1.82) is 0 Å². The quantitative estimate of drug-likeness (QED) is 0.0892. The third kappa shape index (κ3) is 7.49. The monoisotopic (exact) mass is 544 g/mol. The van der Waals surface area contributed by atoms with Gasteiger partial charge in [0, 0.05) is 6.61 Å². The predicted molar refractivity (Wildman–Crippen MR) is 101 cm³/mol. The van der Waals surface area contributed by atoms with E-state index in [0.717, 1.165) is 0 Å². The number of aliphatic hydroxyl groups excluding tert-OH is 7. The summed E-state index contributed by atoms with van der Waals surface area (Å²) in [6.07, 6.45) is -20.5. The Morgan fingerprint density at radius 1 is 0.886 bits per heavy atom. The van der Waals surface area contributed by atoms with Crippen molar-refractivity contribution in [2.75, 3.05) is 13.2 Å². The zero-order chi connectivity index (χ0) is 25.4. The van der Waals surface area contributed by atoms with Crippen LogP contribution in [0.1, 0.15) is 13.3 Å². The van der Waals surface area contributed by atoms with E-state index in [-0.39, 0.29) is 42.6 Å². The number of aliphatic hydroxyl groups is 7. The summed E-state index contributed by atoms with van der Waals surface area (Å²) >= 11 is 0. The van der Waals surface area contributed by atoms with Gasteiger partial charge in [-0.15, -0.1) is 0 Å². The van der Waals surface area contributed by atoms with E-state index in [0.29, 0.717) is 0 Å². The fraction of sp³-hybridized carbons (Fsp3) is 1.00. The number of hydrogen-bond donors (Lipinski definition) is 7. The molecular weight excluding hydrogens is 515 g/mol. The van der Waals surface area contributed by atoms with E-state index in [1.165, 1.54) is 6.92 Å². The Kier molecular flexibility index (Phi) is 11.7. The van der Waals surface area contributed by atoms with Crippen LogP contribution in [0.4, 0.5) is 0 Å². The smallest absolute Gasteiger partial charge is 0.726 e. The number of rotatable bonds is 7. The topological polar surface area (TPSA) is 254 Å². The van der Waals surface area contributed by atoms with Gasteiger partial charge in [-0.1, -0.05) is 0 Å². The van der Waals surface area contributed by atoms with Crippen LogP contribution in [0.5, 0.6) is 0 Å². The molecule has 3 saturated heterocycles. The van der Waals surface area contributed by atoms with Gasteiger partial charge in [-0.05, 0) is 13.3 Å². The molecule has 200 valence electrons.